The average Bonchev–Trinajstić information content (AvgIpc) is 2.66. The van der Waals surface area contributed by atoms with E-state index in [1.54, 1.807) is 6.08 Å². The molecule has 2 aromatic rings. The predicted octanol–water partition coefficient (Wildman–Crippen LogP) is 5.48. The number of nitriles is 1. The van der Waals surface area contributed by atoms with Crippen molar-refractivity contribution in [3.8, 4) is 6.07 Å². The van der Waals surface area contributed by atoms with E-state index < -0.39 is 0 Å². The van der Waals surface area contributed by atoms with Crippen LogP contribution in [0.25, 0.3) is 6.08 Å². The van der Waals surface area contributed by atoms with Crippen LogP contribution in [0.2, 0.25) is 0 Å². The van der Waals surface area contributed by atoms with E-state index >= 15 is 0 Å². The summed E-state index contributed by atoms with van der Waals surface area (Å²) in [5.41, 5.74) is 5.18. The summed E-state index contributed by atoms with van der Waals surface area (Å²) < 4.78 is 0. The summed E-state index contributed by atoms with van der Waals surface area (Å²) in [7, 11) is 0. The first kappa shape index (κ1) is 19.5. The van der Waals surface area contributed by atoms with Crippen molar-refractivity contribution in [2.45, 2.75) is 46.5 Å². The van der Waals surface area contributed by atoms with Gasteiger partial charge in [0.2, 0.25) is 0 Å². The molecule has 1 amide bonds. The van der Waals surface area contributed by atoms with Crippen molar-refractivity contribution in [1.29, 1.82) is 5.26 Å². The first-order valence-electron chi connectivity index (χ1n) is 9.14. The Morgan fingerprint density at radius 1 is 1.08 bits per heavy atom. The molecule has 0 saturated heterocycles. The van der Waals surface area contributed by atoms with Crippen molar-refractivity contribution < 1.29 is 4.79 Å². The minimum absolute atomic E-state index is 0.107. The number of nitrogens with one attached hydrogen (secondary N) is 1. The Labute approximate surface area is 156 Å². The molecular formula is C23H26N2O. The number of carbonyl (C=O) groups is 1. The molecule has 134 valence electrons. The molecule has 2 rings (SSSR count). The molecule has 0 heterocycles. The molecule has 0 aliphatic heterocycles. The average molecular weight is 346 g/mol. The van der Waals surface area contributed by atoms with Crippen LogP contribution in [0.4, 0.5) is 5.69 Å². The summed E-state index contributed by atoms with van der Waals surface area (Å²) in [6.45, 7) is 8.38. The Morgan fingerprint density at radius 3 is 2.12 bits per heavy atom. The smallest absolute Gasteiger partial charge is 0.266 e. The molecule has 1 N–H and O–H groups in total. The Morgan fingerprint density at radius 2 is 1.65 bits per heavy atom. The molecule has 0 bridgehead atoms. The van der Waals surface area contributed by atoms with Gasteiger partial charge in [0.05, 0.1) is 0 Å². The van der Waals surface area contributed by atoms with Gasteiger partial charge in [0, 0.05) is 5.69 Å². The van der Waals surface area contributed by atoms with E-state index in [1.165, 1.54) is 5.56 Å². The molecule has 2 aromatic carbocycles. The standard InChI is InChI=1S/C23H26N2O/c1-5-18-8-7-9-19(6-2)22(18)25-23(26)21(15-24)14-17-10-12-20(13-11-17)16(3)4/h7-14,16H,5-6H2,1-4H3,(H,25,26)/b21-14+. The fourth-order valence-electron chi connectivity index (χ4n) is 2.88. The number of amides is 1. The van der Waals surface area contributed by atoms with Crippen molar-refractivity contribution >= 4 is 17.7 Å². The molecule has 3 nitrogen and oxygen atoms in total. The van der Waals surface area contributed by atoms with Crippen LogP contribution in [0, 0.1) is 11.3 Å². The highest BCUT2D eigenvalue weighted by Crippen LogP contribution is 2.23. The second kappa shape index (κ2) is 9.01. The lowest BCUT2D eigenvalue weighted by atomic mass is 10.0. The number of hydrogen-bond donors (Lipinski definition) is 1. The van der Waals surface area contributed by atoms with Gasteiger partial charge in [0.25, 0.3) is 5.91 Å². The van der Waals surface area contributed by atoms with Gasteiger partial charge in [0.1, 0.15) is 11.6 Å². The van der Waals surface area contributed by atoms with E-state index in [4.69, 9.17) is 0 Å². The van der Waals surface area contributed by atoms with E-state index in [0.29, 0.717) is 5.92 Å². The van der Waals surface area contributed by atoms with Gasteiger partial charge in [-0.2, -0.15) is 5.26 Å². The zero-order valence-corrected chi connectivity index (χ0v) is 16.0. The van der Waals surface area contributed by atoms with Gasteiger partial charge in [0.15, 0.2) is 0 Å². The van der Waals surface area contributed by atoms with Crippen molar-refractivity contribution in [2.24, 2.45) is 0 Å². The third-order valence-corrected chi connectivity index (χ3v) is 4.52. The molecule has 0 saturated carbocycles. The second-order valence-electron chi connectivity index (χ2n) is 6.60. The number of aryl methyl sites for hydroxylation is 2. The monoisotopic (exact) mass is 346 g/mol. The van der Waals surface area contributed by atoms with Gasteiger partial charge in [-0.25, -0.2) is 0 Å². The highest BCUT2D eigenvalue weighted by atomic mass is 16.1. The topological polar surface area (TPSA) is 52.9 Å². The van der Waals surface area contributed by atoms with Crippen LogP contribution < -0.4 is 5.32 Å². The highest BCUT2D eigenvalue weighted by Gasteiger charge is 2.14. The Kier molecular flexibility index (Phi) is 6.74. The summed E-state index contributed by atoms with van der Waals surface area (Å²) >= 11 is 0. The van der Waals surface area contributed by atoms with Crippen molar-refractivity contribution in [1.82, 2.24) is 0 Å². The minimum atomic E-state index is -0.365. The van der Waals surface area contributed by atoms with Gasteiger partial charge in [-0.3, -0.25) is 4.79 Å². The molecule has 0 spiro atoms. The molecule has 0 radical (unpaired) electrons. The second-order valence-corrected chi connectivity index (χ2v) is 6.60. The predicted molar refractivity (Wildman–Crippen MR) is 108 cm³/mol. The highest BCUT2D eigenvalue weighted by molar-refractivity contribution is 6.10. The fraction of sp³-hybridized carbons (Fsp3) is 0.304. The molecular weight excluding hydrogens is 320 g/mol. The normalized spacial score (nSPS) is 11.3. The van der Waals surface area contributed by atoms with Crippen LogP contribution in [-0.4, -0.2) is 5.91 Å². The van der Waals surface area contributed by atoms with Crippen molar-refractivity contribution in [3.63, 3.8) is 0 Å². The Bertz CT molecular complexity index is 817. The van der Waals surface area contributed by atoms with E-state index in [9.17, 15) is 10.1 Å². The molecule has 26 heavy (non-hydrogen) atoms. The maximum Gasteiger partial charge on any atom is 0.266 e. The van der Waals surface area contributed by atoms with Gasteiger partial charge in [-0.1, -0.05) is 70.2 Å². The lowest BCUT2D eigenvalue weighted by molar-refractivity contribution is -0.112. The first-order valence-corrected chi connectivity index (χ1v) is 9.14. The van der Waals surface area contributed by atoms with Gasteiger partial charge in [-0.05, 0) is 47.1 Å². The van der Waals surface area contributed by atoms with Gasteiger partial charge < -0.3 is 5.32 Å². The lowest BCUT2D eigenvalue weighted by Crippen LogP contribution is -2.16. The summed E-state index contributed by atoms with van der Waals surface area (Å²) in [6.07, 6.45) is 3.29. The number of benzene rings is 2. The molecule has 0 aliphatic carbocycles. The van der Waals surface area contributed by atoms with Crippen molar-refractivity contribution in [2.75, 3.05) is 5.32 Å². The van der Waals surface area contributed by atoms with Crippen LogP contribution in [0.1, 0.15) is 55.9 Å². The van der Waals surface area contributed by atoms with Gasteiger partial charge in [-0.15, -0.1) is 0 Å². The number of hydrogen-bond acceptors (Lipinski definition) is 2. The van der Waals surface area contributed by atoms with Crippen molar-refractivity contribution in [3.05, 3.63) is 70.3 Å². The van der Waals surface area contributed by atoms with E-state index in [1.807, 2.05) is 48.5 Å². The zero-order valence-electron chi connectivity index (χ0n) is 16.0. The van der Waals surface area contributed by atoms with E-state index in [0.717, 1.165) is 35.2 Å². The molecule has 0 aromatic heterocycles. The maximum absolute atomic E-state index is 12.7. The maximum atomic E-state index is 12.7. The third-order valence-electron chi connectivity index (χ3n) is 4.52. The quantitative estimate of drug-likeness (QED) is 0.556. The summed E-state index contributed by atoms with van der Waals surface area (Å²) in [4.78, 5) is 12.7. The van der Waals surface area contributed by atoms with Crippen LogP contribution in [0.3, 0.4) is 0 Å². The number of para-hydroxylation sites is 1. The van der Waals surface area contributed by atoms with Gasteiger partial charge >= 0.3 is 0 Å². The fourth-order valence-corrected chi connectivity index (χ4v) is 2.88. The number of anilines is 1. The zero-order chi connectivity index (χ0) is 19.1. The van der Waals surface area contributed by atoms with E-state index in [-0.39, 0.29) is 11.5 Å². The summed E-state index contributed by atoms with van der Waals surface area (Å²) in [5.74, 6) is 0.0841. The van der Waals surface area contributed by atoms with Crippen LogP contribution in [-0.2, 0) is 17.6 Å². The third kappa shape index (κ3) is 4.61. The van der Waals surface area contributed by atoms with Crippen LogP contribution >= 0.6 is 0 Å². The van der Waals surface area contributed by atoms with Crippen LogP contribution in [0.15, 0.2) is 48.0 Å². The van der Waals surface area contributed by atoms with E-state index in [2.05, 4.69) is 33.0 Å². The molecule has 3 heteroatoms. The molecule has 0 aliphatic rings. The summed E-state index contributed by atoms with van der Waals surface area (Å²) in [5, 5.41) is 12.4. The molecule has 0 atom stereocenters. The van der Waals surface area contributed by atoms with Crippen LogP contribution in [0.5, 0.6) is 0 Å². The Hall–Kier alpha value is -2.86. The number of carbonyl (C=O) groups excluding carboxylic acids is 1. The largest absolute Gasteiger partial charge is 0.321 e. The SMILES string of the molecule is CCc1cccc(CC)c1NC(=O)/C(C#N)=C/c1ccc(C(C)C)cc1. The lowest BCUT2D eigenvalue weighted by Gasteiger charge is -2.14. The number of nitrogens with zero attached hydrogens (tertiary/aromatic N) is 1. The molecule has 0 unspecified atom stereocenters. The molecule has 0 fully saturated rings. The first-order chi connectivity index (χ1) is 12.5. The number of rotatable bonds is 6. The Balaban J connectivity index is 2.28. The minimum Gasteiger partial charge on any atom is -0.321 e. The summed E-state index contributed by atoms with van der Waals surface area (Å²) in [6, 6.07) is 16.0.